The number of hydrogen-bond donors (Lipinski definition) is 1. The molecule has 2 rings (SSSR count). The minimum Gasteiger partial charge on any atom is -0.480 e. The predicted molar refractivity (Wildman–Crippen MR) is 107 cm³/mol. The topological polar surface area (TPSA) is 74.7 Å². The van der Waals surface area contributed by atoms with Crippen LogP contribution in [-0.2, 0) is 14.8 Å². The van der Waals surface area contributed by atoms with Crippen LogP contribution in [0.2, 0.25) is 0 Å². The van der Waals surface area contributed by atoms with Crippen molar-refractivity contribution in [3.05, 3.63) is 29.3 Å². The average molecular weight is 396 g/mol. The largest absolute Gasteiger partial charge is 0.480 e. The zero-order valence-electron chi connectivity index (χ0n) is 16.6. The van der Waals surface area contributed by atoms with Crippen molar-refractivity contribution in [2.75, 3.05) is 6.54 Å². The van der Waals surface area contributed by atoms with Gasteiger partial charge in [0.1, 0.15) is 6.04 Å². The summed E-state index contributed by atoms with van der Waals surface area (Å²) in [4.78, 5) is 11.9. The van der Waals surface area contributed by atoms with E-state index in [2.05, 4.69) is 6.92 Å². The summed E-state index contributed by atoms with van der Waals surface area (Å²) in [6.45, 7) is 4.33. The van der Waals surface area contributed by atoms with Gasteiger partial charge in [0.2, 0.25) is 10.0 Å². The van der Waals surface area contributed by atoms with Gasteiger partial charge >= 0.3 is 5.97 Å². The normalized spacial score (nSPS) is 18.5. The number of unbranched alkanes of at least 4 members (excludes halogenated alkanes) is 9. The molecule has 27 heavy (non-hydrogen) atoms. The van der Waals surface area contributed by atoms with E-state index in [1.165, 1.54) is 55.3 Å². The van der Waals surface area contributed by atoms with Gasteiger partial charge in [-0.15, -0.1) is 0 Å². The minimum atomic E-state index is -3.72. The van der Waals surface area contributed by atoms with Crippen molar-refractivity contribution in [3.8, 4) is 0 Å². The lowest BCUT2D eigenvalue weighted by Gasteiger charge is -2.20. The first-order valence-corrected chi connectivity index (χ1v) is 11.7. The second-order valence-electron chi connectivity index (χ2n) is 7.58. The van der Waals surface area contributed by atoms with Crippen LogP contribution in [0.4, 0.5) is 0 Å². The van der Waals surface area contributed by atoms with Gasteiger partial charge in [0.25, 0.3) is 0 Å². The van der Waals surface area contributed by atoms with Crippen LogP contribution in [0.15, 0.2) is 23.1 Å². The molecule has 5 nitrogen and oxygen atoms in total. The monoisotopic (exact) mass is 395 g/mol. The Balaban J connectivity index is 1.83. The zero-order chi connectivity index (χ0) is 19.9. The SMILES string of the molecule is CCCCCCCCCCCCN1[C@@H](C(=O)O)c2cc(C)ccc2S1(=O)=O. The molecule has 1 aromatic rings. The smallest absolute Gasteiger partial charge is 0.326 e. The van der Waals surface area contributed by atoms with E-state index in [0.29, 0.717) is 12.0 Å². The van der Waals surface area contributed by atoms with Gasteiger partial charge < -0.3 is 5.11 Å². The maximum atomic E-state index is 12.8. The van der Waals surface area contributed by atoms with E-state index in [0.717, 1.165) is 18.4 Å². The molecule has 0 amide bonds. The lowest BCUT2D eigenvalue weighted by molar-refractivity contribution is -0.141. The number of carboxylic acid groups (broad SMARTS) is 1. The molecule has 0 aliphatic carbocycles. The molecule has 1 aliphatic heterocycles. The number of aliphatic carboxylic acids is 1. The van der Waals surface area contributed by atoms with E-state index < -0.39 is 22.0 Å². The molecule has 1 N–H and O–H groups in total. The van der Waals surface area contributed by atoms with Gasteiger partial charge in [0.15, 0.2) is 0 Å². The zero-order valence-corrected chi connectivity index (χ0v) is 17.4. The summed E-state index contributed by atoms with van der Waals surface area (Å²) in [5, 5.41) is 9.61. The molecule has 1 aliphatic rings. The summed E-state index contributed by atoms with van der Waals surface area (Å²) in [5.41, 5.74) is 1.27. The van der Waals surface area contributed by atoms with Crippen LogP contribution >= 0.6 is 0 Å². The number of aryl methyl sites for hydroxylation is 1. The highest BCUT2D eigenvalue weighted by Gasteiger charge is 2.46. The highest BCUT2D eigenvalue weighted by Crippen LogP contribution is 2.40. The van der Waals surface area contributed by atoms with Gasteiger partial charge in [0, 0.05) is 12.1 Å². The molecule has 1 atom stereocenters. The Morgan fingerprint density at radius 1 is 1.00 bits per heavy atom. The van der Waals surface area contributed by atoms with Gasteiger partial charge in [-0.05, 0) is 19.4 Å². The van der Waals surface area contributed by atoms with Crippen LogP contribution in [0.1, 0.15) is 88.3 Å². The van der Waals surface area contributed by atoms with Gasteiger partial charge in [-0.1, -0.05) is 82.4 Å². The third kappa shape index (κ3) is 5.55. The Hall–Kier alpha value is -1.40. The number of carboxylic acids is 1. The maximum Gasteiger partial charge on any atom is 0.326 e. The fraction of sp³-hybridized carbons (Fsp3) is 0.667. The van der Waals surface area contributed by atoms with Crippen molar-refractivity contribution >= 4 is 16.0 Å². The number of fused-ring (bicyclic) bond motifs is 1. The lowest BCUT2D eigenvalue weighted by Crippen LogP contribution is -2.33. The van der Waals surface area contributed by atoms with Crippen LogP contribution in [0.5, 0.6) is 0 Å². The fourth-order valence-corrected chi connectivity index (χ4v) is 5.61. The Morgan fingerprint density at radius 3 is 2.11 bits per heavy atom. The van der Waals surface area contributed by atoms with Crippen LogP contribution in [0, 0.1) is 6.92 Å². The molecule has 1 aromatic carbocycles. The summed E-state index contributed by atoms with van der Waals surface area (Å²) in [6.07, 6.45) is 11.6. The van der Waals surface area contributed by atoms with E-state index >= 15 is 0 Å². The lowest BCUT2D eigenvalue weighted by atomic mass is 10.0. The molecular formula is C21H33NO4S. The third-order valence-electron chi connectivity index (χ3n) is 5.30. The number of rotatable bonds is 12. The molecule has 0 spiro atoms. The molecule has 0 saturated carbocycles. The van der Waals surface area contributed by atoms with Gasteiger partial charge in [-0.25, -0.2) is 8.42 Å². The molecule has 0 fully saturated rings. The predicted octanol–water partition coefficient (Wildman–Crippen LogP) is 5.05. The highest BCUT2D eigenvalue weighted by atomic mass is 32.2. The molecule has 0 aromatic heterocycles. The van der Waals surface area contributed by atoms with Crippen LogP contribution < -0.4 is 0 Å². The van der Waals surface area contributed by atoms with Crippen molar-refractivity contribution in [1.29, 1.82) is 0 Å². The third-order valence-corrected chi connectivity index (χ3v) is 7.24. The summed E-state index contributed by atoms with van der Waals surface area (Å²) in [5.74, 6) is -1.10. The van der Waals surface area contributed by atoms with Gasteiger partial charge in [-0.2, -0.15) is 4.31 Å². The highest BCUT2D eigenvalue weighted by molar-refractivity contribution is 7.89. The summed E-state index contributed by atoms with van der Waals surface area (Å²) in [7, 11) is -3.72. The van der Waals surface area contributed by atoms with Crippen molar-refractivity contribution in [1.82, 2.24) is 4.31 Å². The Labute approximate surface area is 163 Å². The standard InChI is InChI=1S/C21H33NO4S/c1-3-4-5-6-7-8-9-10-11-12-15-22-20(21(23)24)18-16-17(2)13-14-19(18)27(22,25)26/h13-14,16,20H,3-12,15H2,1-2H3,(H,23,24)/t20-/m1/s1. The first kappa shape index (κ1) is 21.9. The van der Waals surface area contributed by atoms with E-state index in [1.807, 2.05) is 6.92 Å². The minimum absolute atomic E-state index is 0.146. The Bertz CT molecular complexity index is 730. The molecule has 1 heterocycles. The number of nitrogens with zero attached hydrogens (tertiary/aromatic N) is 1. The quantitative estimate of drug-likeness (QED) is 0.503. The number of sulfonamides is 1. The van der Waals surface area contributed by atoms with E-state index in [1.54, 1.807) is 12.1 Å². The molecule has 0 radical (unpaired) electrons. The molecule has 0 unspecified atom stereocenters. The van der Waals surface area contributed by atoms with Crippen molar-refractivity contribution in [3.63, 3.8) is 0 Å². The van der Waals surface area contributed by atoms with Crippen molar-refractivity contribution in [2.24, 2.45) is 0 Å². The summed E-state index contributed by atoms with van der Waals surface area (Å²) >= 11 is 0. The maximum absolute atomic E-state index is 12.8. The molecule has 6 heteroatoms. The van der Waals surface area contributed by atoms with Crippen LogP contribution in [-0.4, -0.2) is 30.3 Å². The number of hydrogen-bond acceptors (Lipinski definition) is 3. The Morgan fingerprint density at radius 2 is 1.56 bits per heavy atom. The number of benzene rings is 1. The van der Waals surface area contributed by atoms with Crippen LogP contribution in [0.25, 0.3) is 0 Å². The van der Waals surface area contributed by atoms with E-state index in [4.69, 9.17) is 0 Å². The second-order valence-corrected chi connectivity index (χ2v) is 9.44. The van der Waals surface area contributed by atoms with Crippen molar-refractivity contribution in [2.45, 2.75) is 89.0 Å². The fourth-order valence-electron chi connectivity index (χ4n) is 3.80. The molecule has 152 valence electrons. The second kappa shape index (κ2) is 10.2. The van der Waals surface area contributed by atoms with Gasteiger partial charge in [0.05, 0.1) is 4.90 Å². The first-order chi connectivity index (χ1) is 12.9. The summed E-state index contributed by atoms with van der Waals surface area (Å²) in [6, 6.07) is 3.85. The molecular weight excluding hydrogens is 362 g/mol. The average Bonchev–Trinajstić information content (AvgIpc) is 2.83. The Kier molecular flexibility index (Phi) is 8.29. The van der Waals surface area contributed by atoms with E-state index in [9.17, 15) is 18.3 Å². The van der Waals surface area contributed by atoms with Gasteiger partial charge in [-0.3, -0.25) is 4.79 Å². The first-order valence-electron chi connectivity index (χ1n) is 10.2. The van der Waals surface area contributed by atoms with E-state index in [-0.39, 0.29) is 11.4 Å². The van der Waals surface area contributed by atoms with Crippen molar-refractivity contribution < 1.29 is 18.3 Å². The number of carbonyl (C=O) groups is 1. The summed E-state index contributed by atoms with van der Waals surface area (Å²) < 4.78 is 26.7. The molecule has 0 bridgehead atoms. The molecule has 0 saturated heterocycles. The van der Waals surface area contributed by atoms with Crippen LogP contribution in [0.3, 0.4) is 0 Å².